The largest absolute Gasteiger partial charge is 0.379 e. The number of amides is 1. The van der Waals surface area contributed by atoms with E-state index in [9.17, 15) is 4.79 Å². The number of rotatable bonds is 6. The van der Waals surface area contributed by atoms with Crippen molar-refractivity contribution in [3.63, 3.8) is 0 Å². The maximum absolute atomic E-state index is 12.0. The molecule has 3 N–H and O–H groups in total. The molecular formula is C14H27N3O2S. The minimum atomic E-state index is -0.365. The molecule has 0 aromatic carbocycles. The Kier molecular flexibility index (Phi) is 6.14. The summed E-state index contributed by atoms with van der Waals surface area (Å²) in [7, 11) is 0. The van der Waals surface area contributed by atoms with Crippen molar-refractivity contribution in [2.24, 2.45) is 5.73 Å². The number of carbonyl (C=O) groups excluding carboxylic acids is 1. The van der Waals surface area contributed by atoms with Crippen LogP contribution in [0.4, 0.5) is 0 Å². The molecule has 0 aromatic rings. The average molecular weight is 301 g/mol. The molecule has 1 amide bonds. The van der Waals surface area contributed by atoms with Crippen LogP contribution in [0.2, 0.25) is 0 Å². The second kappa shape index (κ2) is 7.64. The lowest BCUT2D eigenvalue weighted by Crippen LogP contribution is -2.60. The first kappa shape index (κ1) is 16.1. The highest BCUT2D eigenvalue weighted by molar-refractivity contribution is 7.99. The Morgan fingerprint density at radius 2 is 2.25 bits per heavy atom. The minimum absolute atomic E-state index is 0.00335. The maximum Gasteiger partial charge on any atom is 0.236 e. The molecule has 2 rings (SSSR count). The van der Waals surface area contributed by atoms with Gasteiger partial charge in [0.1, 0.15) is 0 Å². The number of carbonyl (C=O) groups is 1. The number of nitrogens with zero attached hydrogens (tertiary/aromatic N) is 1. The monoisotopic (exact) mass is 301 g/mol. The first-order chi connectivity index (χ1) is 9.68. The summed E-state index contributed by atoms with van der Waals surface area (Å²) >= 11 is 1.98. The van der Waals surface area contributed by atoms with E-state index in [1.165, 1.54) is 5.75 Å². The van der Waals surface area contributed by atoms with Crippen LogP contribution in [-0.4, -0.2) is 66.7 Å². The van der Waals surface area contributed by atoms with E-state index in [-0.39, 0.29) is 17.5 Å². The van der Waals surface area contributed by atoms with Gasteiger partial charge in [0, 0.05) is 30.9 Å². The number of nitrogens with one attached hydrogen (secondary N) is 1. The lowest BCUT2D eigenvalue weighted by molar-refractivity contribution is -0.123. The maximum atomic E-state index is 12.0. The smallest absolute Gasteiger partial charge is 0.236 e. The standard InChI is InChI=1S/C14H27N3O2S/c1-2-3-12(15)13(18)16-10-14(4-9-20-11-14)17-5-7-19-8-6-17/h12H,2-11,15H2,1H3,(H,16,18). The Morgan fingerprint density at radius 3 is 2.85 bits per heavy atom. The third-order valence-corrected chi connectivity index (χ3v) is 5.53. The second-order valence-electron chi connectivity index (χ2n) is 5.74. The fourth-order valence-corrected chi connectivity index (χ4v) is 4.44. The van der Waals surface area contributed by atoms with Crippen LogP contribution in [0.1, 0.15) is 26.2 Å². The van der Waals surface area contributed by atoms with E-state index >= 15 is 0 Å². The Labute approximate surface area is 126 Å². The topological polar surface area (TPSA) is 67.6 Å². The Balaban J connectivity index is 1.90. The fraction of sp³-hybridized carbons (Fsp3) is 0.929. The van der Waals surface area contributed by atoms with Crippen molar-refractivity contribution < 1.29 is 9.53 Å². The fourth-order valence-electron chi connectivity index (χ4n) is 2.96. The van der Waals surface area contributed by atoms with Gasteiger partial charge in [-0.15, -0.1) is 0 Å². The van der Waals surface area contributed by atoms with Gasteiger partial charge in [0.2, 0.25) is 5.91 Å². The predicted octanol–water partition coefficient (Wildman–Crippen LogP) is 0.438. The van der Waals surface area contributed by atoms with E-state index in [2.05, 4.69) is 17.1 Å². The molecule has 5 nitrogen and oxygen atoms in total. The van der Waals surface area contributed by atoms with Crippen molar-refractivity contribution in [1.29, 1.82) is 0 Å². The number of hydrogen-bond acceptors (Lipinski definition) is 5. The number of hydrogen-bond donors (Lipinski definition) is 2. The summed E-state index contributed by atoms with van der Waals surface area (Å²) in [4.78, 5) is 14.5. The van der Waals surface area contributed by atoms with Crippen LogP contribution in [0.3, 0.4) is 0 Å². The second-order valence-corrected chi connectivity index (χ2v) is 6.84. The summed E-state index contributed by atoms with van der Waals surface area (Å²) in [5.74, 6) is 2.27. The summed E-state index contributed by atoms with van der Waals surface area (Å²) in [6, 6.07) is -0.365. The highest BCUT2D eigenvalue weighted by Gasteiger charge is 2.41. The summed E-state index contributed by atoms with van der Waals surface area (Å²) < 4.78 is 5.44. The minimum Gasteiger partial charge on any atom is -0.379 e. The van der Waals surface area contributed by atoms with Crippen molar-refractivity contribution in [1.82, 2.24) is 10.2 Å². The molecule has 2 unspecified atom stereocenters. The first-order valence-electron chi connectivity index (χ1n) is 7.62. The zero-order chi connectivity index (χ0) is 14.4. The molecule has 116 valence electrons. The molecule has 20 heavy (non-hydrogen) atoms. The van der Waals surface area contributed by atoms with Crippen molar-refractivity contribution in [3.8, 4) is 0 Å². The van der Waals surface area contributed by atoms with Crippen LogP contribution in [0.25, 0.3) is 0 Å². The van der Waals surface area contributed by atoms with Crippen molar-refractivity contribution in [2.45, 2.75) is 37.8 Å². The summed E-state index contributed by atoms with van der Waals surface area (Å²) in [5, 5.41) is 3.09. The van der Waals surface area contributed by atoms with Crippen LogP contribution in [-0.2, 0) is 9.53 Å². The molecular weight excluding hydrogens is 274 g/mol. The van der Waals surface area contributed by atoms with Gasteiger partial charge >= 0.3 is 0 Å². The first-order valence-corrected chi connectivity index (χ1v) is 8.77. The van der Waals surface area contributed by atoms with Gasteiger partial charge in [0.15, 0.2) is 0 Å². The van der Waals surface area contributed by atoms with Gasteiger partial charge in [0.25, 0.3) is 0 Å². The highest BCUT2D eigenvalue weighted by atomic mass is 32.2. The van der Waals surface area contributed by atoms with Crippen molar-refractivity contribution in [3.05, 3.63) is 0 Å². The highest BCUT2D eigenvalue weighted by Crippen LogP contribution is 2.33. The number of morpholine rings is 1. The Morgan fingerprint density at radius 1 is 1.50 bits per heavy atom. The number of thioether (sulfide) groups is 1. The van der Waals surface area contributed by atoms with Crippen LogP contribution in [0, 0.1) is 0 Å². The third kappa shape index (κ3) is 3.87. The molecule has 0 saturated carbocycles. The zero-order valence-corrected chi connectivity index (χ0v) is 13.2. The molecule has 0 aromatic heterocycles. The van der Waals surface area contributed by atoms with Gasteiger partial charge in [0.05, 0.1) is 19.3 Å². The molecule has 2 saturated heterocycles. The summed E-state index contributed by atoms with van der Waals surface area (Å²) in [5.41, 5.74) is 5.99. The molecule has 2 fully saturated rings. The molecule has 0 aliphatic carbocycles. The van der Waals surface area contributed by atoms with Gasteiger partial charge in [-0.2, -0.15) is 11.8 Å². The Hall–Kier alpha value is -0.300. The Bertz CT molecular complexity index is 316. The van der Waals surface area contributed by atoms with E-state index in [1.54, 1.807) is 0 Å². The molecule has 2 atom stereocenters. The normalized spacial score (nSPS) is 29.3. The van der Waals surface area contributed by atoms with E-state index in [1.807, 2.05) is 11.8 Å². The van der Waals surface area contributed by atoms with Gasteiger partial charge in [-0.3, -0.25) is 9.69 Å². The van der Waals surface area contributed by atoms with E-state index in [0.29, 0.717) is 0 Å². The quantitative estimate of drug-likeness (QED) is 0.745. The SMILES string of the molecule is CCCC(N)C(=O)NCC1(N2CCOCC2)CCSC1. The zero-order valence-electron chi connectivity index (χ0n) is 12.4. The molecule has 0 spiro atoms. The van der Waals surface area contributed by atoms with Crippen LogP contribution in [0.5, 0.6) is 0 Å². The van der Waals surface area contributed by atoms with Crippen molar-refractivity contribution in [2.75, 3.05) is 44.4 Å². The summed E-state index contributed by atoms with van der Waals surface area (Å²) in [6.07, 6.45) is 2.84. The molecule has 0 radical (unpaired) electrons. The molecule has 0 bridgehead atoms. The number of ether oxygens (including phenoxy) is 1. The number of nitrogens with two attached hydrogens (primary N) is 1. The average Bonchev–Trinajstić information content (AvgIpc) is 2.96. The van der Waals surface area contributed by atoms with E-state index in [4.69, 9.17) is 10.5 Å². The summed E-state index contributed by atoms with van der Waals surface area (Å²) in [6.45, 7) is 6.31. The van der Waals surface area contributed by atoms with Crippen LogP contribution in [0.15, 0.2) is 0 Å². The lowest BCUT2D eigenvalue weighted by Gasteiger charge is -2.43. The van der Waals surface area contributed by atoms with E-state index in [0.717, 1.165) is 57.9 Å². The predicted molar refractivity (Wildman–Crippen MR) is 83.0 cm³/mol. The van der Waals surface area contributed by atoms with Gasteiger partial charge in [-0.25, -0.2) is 0 Å². The van der Waals surface area contributed by atoms with Gasteiger partial charge in [-0.05, 0) is 18.6 Å². The molecule has 2 aliphatic heterocycles. The van der Waals surface area contributed by atoms with Crippen LogP contribution >= 0.6 is 11.8 Å². The van der Waals surface area contributed by atoms with Crippen molar-refractivity contribution >= 4 is 17.7 Å². The molecule has 2 aliphatic rings. The van der Waals surface area contributed by atoms with Gasteiger partial charge < -0.3 is 15.8 Å². The molecule has 6 heteroatoms. The van der Waals surface area contributed by atoms with E-state index < -0.39 is 0 Å². The third-order valence-electron chi connectivity index (χ3n) is 4.29. The van der Waals surface area contributed by atoms with Gasteiger partial charge in [-0.1, -0.05) is 13.3 Å². The van der Waals surface area contributed by atoms with Crippen LogP contribution < -0.4 is 11.1 Å². The molecule has 2 heterocycles. The lowest BCUT2D eigenvalue weighted by atomic mass is 9.95.